The standard InChI is InChI=1S/C17H20FN3O2S2/c18-13-6-11-8-22-10-23-15(11)12(7-13)9-24-17-21-20-16(25-17)19-14-4-2-1-3-5-14/h6-7,14H,1-5,8-10H2,(H,19,20). The fourth-order valence-electron chi connectivity index (χ4n) is 3.25. The first kappa shape index (κ1) is 17.1. The summed E-state index contributed by atoms with van der Waals surface area (Å²) < 4.78 is 25.4. The van der Waals surface area contributed by atoms with Crippen LogP contribution in [0.2, 0.25) is 0 Å². The van der Waals surface area contributed by atoms with Crippen molar-refractivity contribution >= 4 is 28.2 Å². The maximum atomic E-state index is 13.8. The molecule has 8 heteroatoms. The van der Waals surface area contributed by atoms with E-state index in [9.17, 15) is 4.39 Å². The SMILES string of the molecule is Fc1cc2c(c(CSc3nnc(NC4CCCCC4)s3)c1)OCOC2. The van der Waals surface area contributed by atoms with E-state index in [0.29, 0.717) is 18.4 Å². The predicted molar refractivity (Wildman–Crippen MR) is 96.6 cm³/mol. The van der Waals surface area contributed by atoms with Crippen LogP contribution in [-0.4, -0.2) is 23.0 Å². The molecule has 1 aromatic heterocycles. The Kier molecular flexibility index (Phi) is 5.38. The van der Waals surface area contributed by atoms with Crippen molar-refractivity contribution in [2.24, 2.45) is 0 Å². The van der Waals surface area contributed by atoms with Gasteiger partial charge in [-0.15, -0.1) is 10.2 Å². The lowest BCUT2D eigenvalue weighted by molar-refractivity contribution is -0.0171. The lowest BCUT2D eigenvalue weighted by atomic mass is 9.96. The number of halogens is 1. The van der Waals surface area contributed by atoms with E-state index in [-0.39, 0.29) is 12.6 Å². The summed E-state index contributed by atoms with van der Waals surface area (Å²) >= 11 is 3.11. The summed E-state index contributed by atoms with van der Waals surface area (Å²) in [4.78, 5) is 0. The molecule has 1 aromatic carbocycles. The quantitative estimate of drug-likeness (QED) is 0.765. The zero-order chi connectivity index (χ0) is 17.1. The van der Waals surface area contributed by atoms with Gasteiger partial charge in [-0.3, -0.25) is 0 Å². The zero-order valence-corrected chi connectivity index (χ0v) is 15.4. The van der Waals surface area contributed by atoms with Gasteiger partial charge in [0, 0.05) is 22.9 Å². The van der Waals surface area contributed by atoms with Crippen molar-refractivity contribution in [2.75, 3.05) is 12.1 Å². The molecule has 0 spiro atoms. The number of rotatable bonds is 5. The molecule has 1 aliphatic carbocycles. The minimum Gasteiger partial charge on any atom is -0.467 e. The monoisotopic (exact) mass is 381 g/mol. The van der Waals surface area contributed by atoms with Crippen molar-refractivity contribution in [2.45, 2.75) is 54.8 Å². The highest BCUT2D eigenvalue weighted by molar-refractivity contribution is 8.00. The third-order valence-electron chi connectivity index (χ3n) is 4.44. The van der Waals surface area contributed by atoms with Gasteiger partial charge in [-0.25, -0.2) is 4.39 Å². The minimum atomic E-state index is -0.264. The van der Waals surface area contributed by atoms with Gasteiger partial charge in [0.25, 0.3) is 0 Å². The fraction of sp³-hybridized carbons (Fsp3) is 0.529. The number of aromatic nitrogens is 2. The van der Waals surface area contributed by atoms with Crippen molar-refractivity contribution in [3.63, 3.8) is 0 Å². The van der Waals surface area contributed by atoms with Crippen molar-refractivity contribution in [1.29, 1.82) is 0 Å². The van der Waals surface area contributed by atoms with E-state index in [4.69, 9.17) is 9.47 Å². The van der Waals surface area contributed by atoms with Crippen LogP contribution in [0.5, 0.6) is 5.75 Å². The van der Waals surface area contributed by atoms with Gasteiger partial charge in [-0.05, 0) is 25.0 Å². The lowest BCUT2D eigenvalue weighted by Gasteiger charge is -2.21. The number of thioether (sulfide) groups is 1. The topological polar surface area (TPSA) is 56.3 Å². The first-order valence-corrected chi connectivity index (χ1v) is 10.3. The Morgan fingerprint density at radius 2 is 2.12 bits per heavy atom. The highest BCUT2D eigenvalue weighted by Gasteiger charge is 2.18. The predicted octanol–water partition coefficient (Wildman–Crippen LogP) is 4.58. The molecule has 0 saturated heterocycles. The number of hydrogen-bond donors (Lipinski definition) is 1. The van der Waals surface area contributed by atoms with Crippen LogP contribution in [0, 0.1) is 5.82 Å². The summed E-state index contributed by atoms with van der Waals surface area (Å²) in [6, 6.07) is 3.52. The Morgan fingerprint density at radius 1 is 1.24 bits per heavy atom. The average molecular weight is 381 g/mol. The Labute approximate surface area is 154 Å². The maximum absolute atomic E-state index is 13.8. The minimum absolute atomic E-state index is 0.213. The van der Waals surface area contributed by atoms with Crippen LogP contribution in [0.3, 0.4) is 0 Å². The summed E-state index contributed by atoms with van der Waals surface area (Å²) in [6.07, 6.45) is 6.31. The molecule has 2 heterocycles. The highest BCUT2D eigenvalue weighted by Crippen LogP contribution is 2.35. The molecule has 0 radical (unpaired) electrons. The largest absolute Gasteiger partial charge is 0.467 e. The van der Waals surface area contributed by atoms with Gasteiger partial charge in [0.15, 0.2) is 11.1 Å². The summed E-state index contributed by atoms with van der Waals surface area (Å²) in [5.74, 6) is 1.07. The zero-order valence-electron chi connectivity index (χ0n) is 13.8. The molecule has 2 aliphatic rings. The molecule has 2 aromatic rings. The molecular weight excluding hydrogens is 361 g/mol. The molecule has 0 unspecified atom stereocenters. The molecule has 134 valence electrons. The molecule has 0 bridgehead atoms. The van der Waals surface area contributed by atoms with E-state index in [1.165, 1.54) is 44.2 Å². The fourth-order valence-corrected chi connectivity index (χ4v) is 5.05. The highest BCUT2D eigenvalue weighted by atomic mass is 32.2. The third-order valence-corrected chi connectivity index (χ3v) is 6.48. The molecule has 5 nitrogen and oxygen atoms in total. The van der Waals surface area contributed by atoms with Gasteiger partial charge < -0.3 is 14.8 Å². The van der Waals surface area contributed by atoms with Gasteiger partial charge in [0.05, 0.1) is 6.61 Å². The number of hydrogen-bond acceptors (Lipinski definition) is 7. The van der Waals surface area contributed by atoms with Gasteiger partial charge in [-0.1, -0.05) is 42.4 Å². The van der Waals surface area contributed by atoms with E-state index < -0.39 is 0 Å². The summed E-state index contributed by atoms with van der Waals surface area (Å²) in [5.41, 5.74) is 1.60. The Balaban J connectivity index is 1.39. The van der Waals surface area contributed by atoms with Gasteiger partial charge >= 0.3 is 0 Å². The van der Waals surface area contributed by atoms with Gasteiger partial charge in [-0.2, -0.15) is 0 Å². The van der Waals surface area contributed by atoms with E-state index in [1.807, 2.05) is 0 Å². The maximum Gasteiger partial charge on any atom is 0.206 e. The van der Waals surface area contributed by atoms with E-state index in [0.717, 1.165) is 26.3 Å². The Morgan fingerprint density at radius 3 is 3.00 bits per heavy atom. The summed E-state index contributed by atoms with van der Waals surface area (Å²) in [5, 5.41) is 12.8. The van der Waals surface area contributed by atoms with Crippen LogP contribution in [0.15, 0.2) is 16.5 Å². The molecule has 4 rings (SSSR count). The summed E-state index contributed by atoms with van der Waals surface area (Å²) in [7, 11) is 0. The lowest BCUT2D eigenvalue weighted by Crippen LogP contribution is -2.21. The number of anilines is 1. The van der Waals surface area contributed by atoms with Crippen LogP contribution in [-0.2, 0) is 17.1 Å². The molecule has 0 amide bonds. The molecule has 1 aliphatic heterocycles. The molecule has 1 fully saturated rings. The Bertz CT molecular complexity index is 735. The molecule has 0 atom stereocenters. The van der Waals surface area contributed by atoms with Gasteiger partial charge in [0.2, 0.25) is 5.13 Å². The molecule has 1 N–H and O–H groups in total. The van der Waals surface area contributed by atoms with E-state index in [2.05, 4.69) is 15.5 Å². The first-order chi connectivity index (χ1) is 12.3. The number of benzene rings is 1. The van der Waals surface area contributed by atoms with Crippen LogP contribution < -0.4 is 10.1 Å². The average Bonchev–Trinajstić information content (AvgIpc) is 3.08. The van der Waals surface area contributed by atoms with Crippen molar-refractivity contribution in [3.05, 3.63) is 29.1 Å². The molecule has 1 saturated carbocycles. The van der Waals surface area contributed by atoms with Crippen molar-refractivity contribution in [3.8, 4) is 5.75 Å². The molecule has 25 heavy (non-hydrogen) atoms. The second kappa shape index (κ2) is 7.88. The Hall–Kier alpha value is -1.38. The number of nitrogens with one attached hydrogen (secondary N) is 1. The number of fused-ring (bicyclic) bond motifs is 1. The van der Waals surface area contributed by atoms with Crippen LogP contribution in [0.4, 0.5) is 9.52 Å². The van der Waals surface area contributed by atoms with Gasteiger partial charge in [0.1, 0.15) is 11.6 Å². The number of ether oxygens (including phenoxy) is 2. The smallest absolute Gasteiger partial charge is 0.206 e. The van der Waals surface area contributed by atoms with E-state index in [1.54, 1.807) is 23.1 Å². The van der Waals surface area contributed by atoms with Crippen molar-refractivity contribution < 1.29 is 13.9 Å². The molecular formula is C17H20FN3O2S2. The van der Waals surface area contributed by atoms with Crippen LogP contribution in [0.1, 0.15) is 43.2 Å². The van der Waals surface area contributed by atoms with Crippen LogP contribution >= 0.6 is 23.1 Å². The number of nitrogens with zero attached hydrogens (tertiary/aromatic N) is 2. The van der Waals surface area contributed by atoms with Crippen LogP contribution in [0.25, 0.3) is 0 Å². The van der Waals surface area contributed by atoms with Crippen molar-refractivity contribution in [1.82, 2.24) is 10.2 Å². The summed E-state index contributed by atoms with van der Waals surface area (Å²) in [6.45, 7) is 0.601. The normalized spacial score (nSPS) is 17.8. The van der Waals surface area contributed by atoms with E-state index >= 15 is 0 Å². The third kappa shape index (κ3) is 4.24. The second-order valence-corrected chi connectivity index (χ2v) is 8.50. The second-order valence-electron chi connectivity index (χ2n) is 6.30. The first-order valence-electron chi connectivity index (χ1n) is 8.52.